The van der Waals surface area contributed by atoms with Gasteiger partial charge in [-0.05, 0) is 98.2 Å². The van der Waals surface area contributed by atoms with Crippen LogP contribution in [0.2, 0.25) is 0 Å². The molecule has 286 valence electrons. The number of para-hydroxylation sites is 2. The molecule has 2 aromatic heterocycles. The first-order valence-corrected chi connectivity index (χ1v) is 21.6. The Morgan fingerprint density at radius 3 is 1.70 bits per heavy atom. The molecule has 12 rings (SSSR count). The summed E-state index contributed by atoms with van der Waals surface area (Å²) < 4.78 is 9.00. The molecule has 2 heterocycles. The lowest BCUT2D eigenvalue weighted by molar-refractivity contribution is 0.670. The number of hydrogen-bond acceptors (Lipinski definition) is 3. The van der Waals surface area contributed by atoms with Gasteiger partial charge in [-0.25, -0.2) is 0 Å². The SMILES string of the molecule is c1ccc(-c2ccc(N(c3ccc(-c4ccc(-c5ccc6ccccc6c5)cc4)cc3)c3ccc(-c4cccc5c4oc4ccccc45)cc3)c3sc4ccccc4c23)cc1. The van der Waals surface area contributed by atoms with Crippen molar-refractivity contribution in [3.05, 3.63) is 224 Å². The van der Waals surface area contributed by atoms with E-state index in [1.165, 1.54) is 64.3 Å². The maximum absolute atomic E-state index is 6.46. The molecular weight excluding hydrogens is 759 g/mol. The highest BCUT2D eigenvalue weighted by atomic mass is 32.1. The maximum atomic E-state index is 6.46. The Balaban J connectivity index is 0.973. The predicted octanol–water partition coefficient (Wildman–Crippen LogP) is 17.2. The van der Waals surface area contributed by atoms with E-state index in [-0.39, 0.29) is 0 Å². The van der Waals surface area contributed by atoms with Crippen molar-refractivity contribution in [2.75, 3.05) is 4.90 Å². The highest BCUT2D eigenvalue weighted by Crippen LogP contribution is 2.49. The van der Waals surface area contributed by atoms with Crippen LogP contribution in [-0.2, 0) is 0 Å². The number of rotatable bonds is 7. The van der Waals surface area contributed by atoms with Crippen LogP contribution in [0.5, 0.6) is 0 Å². The highest BCUT2D eigenvalue weighted by molar-refractivity contribution is 7.26. The Kier molecular flexibility index (Phi) is 8.39. The van der Waals surface area contributed by atoms with Crippen LogP contribution in [0, 0.1) is 0 Å². The van der Waals surface area contributed by atoms with Crippen LogP contribution in [-0.4, -0.2) is 0 Å². The normalized spacial score (nSPS) is 11.6. The molecule has 0 atom stereocenters. The number of anilines is 3. The van der Waals surface area contributed by atoms with Crippen molar-refractivity contribution >= 4 is 81.3 Å². The lowest BCUT2D eigenvalue weighted by atomic mass is 9.97. The van der Waals surface area contributed by atoms with Gasteiger partial charge in [0.05, 0.1) is 10.4 Å². The van der Waals surface area contributed by atoms with Gasteiger partial charge in [0.25, 0.3) is 0 Å². The number of hydrogen-bond donors (Lipinski definition) is 0. The zero-order chi connectivity index (χ0) is 40.3. The molecule has 3 heteroatoms. The maximum Gasteiger partial charge on any atom is 0.143 e. The molecule has 0 aliphatic carbocycles. The quantitative estimate of drug-likeness (QED) is 0.160. The molecule has 0 amide bonds. The highest BCUT2D eigenvalue weighted by Gasteiger charge is 2.21. The van der Waals surface area contributed by atoms with Crippen LogP contribution in [0.25, 0.3) is 97.4 Å². The molecule has 0 N–H and O–H groups in total. The summed E-state index contributed by atoms with van der Waals surface area (Å²) in [4.78, 5) is 2.42. The fraction of sp³-hybridized carbons (Fsp3) is 0. The molecule has 0 aliphatic rings. The summed E-state index contributed by atoms with van der Waals surface area (Å²) in [6.07, 6.45) is 0. The average Bonchev–Trinajstić information content (AvgIpc) is 3.92. The van der Waals surface area contributed by atoms with Crippen LogP contribution < -0.4 is 4.90 Å². The lowest BCUT2D eigenvalue weighted by Crippen LogP contribution is -2.10. The standard InChI is InChI=1S/C58H37NOS/c1-2-12-42(13-3-1)48-35-36-53(58-56(48)52-16-7-9-20-55(52)61-58)59(47-33-29-43(30-34-47)49-17-10-18-51-50-15-6-8-19-54(50)60-57(49)51)46-31-27-40(28-32-46)39-21-23-41(24-22-39)45-26-25-38-11-4-5-14-44(38)37-45/h1-37H. The van der Waals surface area contributed by atoms with Gasteiger partial charge in [-0.2, -0.15) is 0 Å². The largest absolute Gasteiger partial charge is 0.455 e. The molecule has 2 nitrogen and oxygen atoms in total. The van der Waals surface area contributed by atoms with Gasteiger partial charge >= 0.3 is 0 Å². The molecule has 0 spiro atoms. The molecule has 12 aromatic rings. The summed E-state index contributed by atoms with van der Waals surface area (Å²) in [6.45, 7) is 0. The first kappa shape index (κ1) is 35.2. The molecule has 0 fully saturated rings. The number of nitrogens with zero attached hydrogens (tertiary/aromatic N) is 1. The van der Waals surface area contributed by atoms with E-state index in [2.05, 4.69) is 217 Å². The van der Waals surface area contributed by atoms with Gasteiger partial charge < -0.3 is 9.32 Å². The third-order valence-corrected chi connectivity index (χ3v) is 13.3. The minimum Gasteiger partial charge on any atom is -0.455 e. The summed E-state index contributed by atoms with van der Waals surface area (Å²) in [5.74, 6) is 0. The van der Waals surface area contributed by atoms with E-state index < -0.39 is 0 Å². The van der Waals surface area contributed by atoms with Gasteiger partial charge in [0.15, 0.2) is 0 Å². The molecule has 0 saturated carbocycles. The molecule has 0 bridgehead atoms. The number of benzene rings is 10. The minimum absolute atomic E-state index is 0.906. The second kappa shape index (κ2) is 14.5. The van der Waals surface area contributed by atoms with E-state index in [1.807, 2.05) is 23.5 Å². The molecule has 0 saturated heterocycles. The summed E-state index contributed by atoms with van der Waals surface area (Å²) >= 11 is 1.86. The monoisotopic (exact) mass is 795 g/mol. The molecule has 0 aliphatic heterocycles. The van der Waals surface area contributed by atoms with E-state index >= 15 is 0 Å². The summed E-state index contributed by atoms with van der Waals surface area (Å²) in [6, 6.07) is 81.1. The first-order valence-electron chi connectivity index (χ1n) is 20.7. The predicted molar refractivity (Wildman–Crippen MR) is 261 cm³/mol. The third kappa shape index (κ3) is 6.09. The van der Waals surface area contributed by atoms with Crippen LogP contribution in [0.4, 0.5) is 17.1 Å². The fourth-order valence-electron chi connectivity index (χ4n) is 9.07. The second-order valence-electron chi connectivity index (χ2n) is 15.6. The van der Waals surface area contributed by atoms with E-state index in [9.17, 15) is 0 Å². The van der Waals surface area contributed by atoms with Crippen molar-refractivity contribution in [1.29, 1.82) is 0 Å². The van der Waals surface area contributed by atoms with E-state index in [4.69, 9.17) is 4.42 Å². The van der Waals surface area contributed by atoms with Crippen LogP contribution >= 0.6 is 11.3 Å². The number of fused-ring (bicyclic) bond motifs is 7. The van der Waals surface area contributed by atoms with Crippen molar-refractivity contribution in [2.24, 2.45) is 0 Å². The average molecular weight is 796 g/mol. The summed E-state index contributed by atoms with van der Waals surface area (Å²) in [7, 11) is 0. The Morgan fingerprint density at radius 1 is 0.361 bits per heavy atom. The van der Waals surface area contributed by atoms with Crippen LogP contribution in [0.3, 0.4) is 0 Å². The third-order valence-electron chi connectivity index (χ3n) is 12.1. The second-order valence-corrected chi connectivity index (χ2v) is 16.7. The topological polar surface area (TPSA) is 16.4 Å². The van der Waals surface area contributed by atoms with Crippen molar-refractivity contribution in [3.63, 3.8) is 0 Å². The van der Waals surface area contributed by atoms with Gasteiger partial charge in [0.2, 0.25) is 0 Å². The lowest BCUT2D eigenvalue weighted by Gasteiger charge is -2.27. The Hall–Kier alpha value is -7.72. The van der Waals surface area contributed by atoms with Crippen molar-refractivity contribution in [1.82, 2.24) is 0 Å². The molecule has 0 unspecified atom stereocenters. The Morgan fingerprint density at radius 2 is 0.934 bits per heavy atom. The van der Waals surface area contributed by atoms with Crippen LogP contribution in [0.15, 0.2) is 229 Å². The van der Waals surface area contributed by atoms with Gasteiger partial charge in [0.1, 0.15) is 11.2 Å². The van der Waals surface area contributed by atoms with E-state index in [1.54, 1.807) is 0 Å². The molecule has 10 aromatic carbocycles. The first-order chi connectivity index (χ1) is 30.2. The van der Waals surface area contributed by atoms with Crippen molar-refractivity contribution < 1.29 is 4.42 Å². The van der Waals surface area contributed by atoms with Gasteiger partial charge in [-0.3, -0.25) is 0 Å². The zero-order valence-electron chi connectivity index (χ0n) is 33.1. The zero-order valence-corrected chi connectivity index (χ0v) is 33.9. The Labute approximate surface area is 357 Å². The fourth-order valence-corrected chi connectivity index (χ4v) is 10.3. The molecular formula is C58H37NOS. The molecule has 0 radical (unpaired) electrons. The van der Waals surface area contributed by atoms with Crippen molar-refractivity contribution in [3.8, 4) is 44.5 Å². The smallest absolute Gasteiger partial charge is 0.143 e. The van der Waals surface area contributed by atoms with Crippen LogP contribution in [0.1, 0.15) is 0 Å². The van der Waals surface area contributed by atoms with E-state index in [0.29, 0.717) is 0 Å². The van der Waals surface area contributed by atoms with Gasteiger partial charge in [-0.1, -0.05) is 176 Å². The van der Waals surface area contributed by atoms with Crippen molar-refractivity contribution in [2.45, 2.75) is 0 Å². The minimum atomic E-state index is 0.906. The van der Waals surface area contributed by atoms with E-state index in [0.717, 1.165) is 50.1 Å². The number of furan rings is 1. The Bertz CT molecular complexity index is 3560. The summed E-state index contributed by atoms with van der Waals surface area (Å²) in [5.41, 5.74) is 14.6. The molecule has 61 heavy (non-hydrogen) atoms. The van der Waals surface area contributed by atoms with Gasteiger partial charge in [-0.15, -0.1) is 11.3 Å². The number of thiophene rings is 1. The van der Waals surface area contributed by atoms with Gasteiger partial charge in [0, 0.05) is 43.2 Å². The summed E-state index contributed by atoms with van der Waals surface area (Å²) in [5, 5.41) is 7.34.